The number of amides is 1. The molecule has 1 N–H and O–H groups in total. The molecule has 0 aliphatic carbocycles. The van der Waals surface area contributed by atoms with Crippen LogP contribution in [-0.2, 0) is 11.3 Å². The Bertz CT molecular complexity index is 1060. The van der Waals surface area contributed by atoms with Gasteiger partial charge in [-0.3, -0.25) is 24.3 Å². The molecule has 1 heterocycles. The van der Waals surface area contributed by atoms with E-state index in [0.29, 0.717) is 0 Å². The number of fused-ring (bicyclic) bond motifs is 1. The Morgan fingerprint density at radius 1 is 1.27 bits per heavy atom. The van der Waals surface area contributed by atoms with Crippen LogP contribution >= 0.6 is 0 Å². The van der Waals surface area contributed by atoms with Crippen LogP contribution < -0.4 is 10.9 Å². The first kappa shape index (κ1) is 17.2. The number of carbonyl (C=O) groups excluding carboxylic acids is 1. The molecule has 0 aliphatic heterocycles. The fourth-order valence-corrected chi connectivity index (χ4v) is 2.46. The number of anilines is 1. The van der Waals surface area contributed by atoms with E-state index in [4.69, 9.17) is 0 Å². The number of aromatic nitrogens is 2. The number of para-hydroxylation sites is 2. The van der Waals surface area contributed by atoms with Crippen LogP contribution in [0.1, 0.15) is 6.42 Å². The second-order valence-electron chi connectivity index (χ2n) is 5.48. The second-order valence-corrected chi connectivity index (χ2v) is 5.48. The quantitative estimate of drug-likeness (QED) is 0.558. The maximum absolute atomic E-state index is 13.2. The van der Waals surface area contributed by atoms with Crippen molar-refractivity contribution in [2.45, 2.75) is 13.0 Å². The van der Waals surface area contributed by atoms with Gasteiger partial charge >= 0.3 is 0 Å². The highest BCUT2D eigenvalue weighted by molar-refractivity contribution is 5.93. The normalized spacial score (nSPS) is 10.7. The zero-order valence-corrected chi connectivity index (χ0v) is 13.4. The molecule has 26 heavy (non-hydrogen) atoms. The van der Waals surface area contributed by atoms with Crippen molar-refractivity contribution in [1.29, 1.82) is 0 Å². The van der Waals surface area contributed by atoms with Crippen molar-refractivity contribution in [2.24, 2.45) is 0 Å². The minimum atomic E-state index is -0.591. The number of carbonyl (C=O) groups is 1. The number of nitro benzene ring substituents is 1. The molecule has 0 aliphatic rings. The molecule has 2 aromatic carbocycles. The topological polar surface area (TPSA) is 107 Å². The fraction of sp³-hybridized carbons (Fsp3) is 0.118. The largest absolute Gasteiger partial charge is 0.320 e. The van der Waals surface area contributed by atoms with E-state index in [1.807, 2.05) is 0 Å². The maximum atomic E-state index is 13.2. The van der Waals surface area contributed by atoms with Crippen LogP contribution in [0, 0.1) is 15.9 Å². The summed E-state index contributed by atoms with van der Waals surface area (Å²) in [5.74, 6) is -0.976. The zero-order chi connectivity index (χ0) is 18.7. The van der Waals surface area contributed by atoms with Gasteiger partial charge in [0.25, 0.3) is 11.2 Å². The van der Waals surface area contributed by atoms with Gasteiger partial charge in [-0.2, -0.15) is 0 Å². The van der Waals surface area contributed by atoms with Gasteiger partial charge in [-0.25, -0.2) is 9.37 Å². The number of nitrogens with zero attached hydrogens (tertiary/aromatic N) is 3. The van der Waals surface area contributed by atoms with Crippen molar-refractivity contribution < 1.29 is 14.1 Å². The standard InChI is InChI=1S/C17H13FN4O4/c18-11-5-6-12-14(9-11)19-10-21(17(12)24)8-7-16(23)20-13-3-1-2-4-15(13)22(25)26/h1-6,9-10H,7-8H2,(H,20,23). The third-order valence-electron chi connectivity index (χ3n) is 3.74. The zero-order valence-electron chi connectivity index (χ0n) is 13.4. The Kier molecular flexibility index (Phi) is 4.70. The summed E-state index contributed by atoms with van der Waals surface area (Å²) >= 11 is 0. The minimum Gasteiger partial charge on any atom is -0.320 e. The third-order valence-corrected chi connectivity index (χ3v) is 3.74. The van der Waals surface area contributed by atoms with E-state index in [9.17, 15) is 24.1 Å². The molecule has 0 fully saturated rings. The molecule has 0 atom stereocenters. The third kappa shape index (κ3) is 3.56. The molecule has 9 heteroatoms. The number of rotatable bonds is 5. The highest BCUT2D eigenvalue weighted by Crippen LogP contribution is 2.23. The van der Waals surface area contributed by atoms with Gasteiger partial charge in [0, 0.05) is 25.1 Å². The molecule has 0 spiro atoms. The lowest BCUT2D eigenvalue weighted by Gasteiger charge is -2.08. The van der Waals surface area contributed by atoms with Crippen LogP contribution in [0.3, 0.4) is 0 Å². The summed E-state index contributed by atoms with van der Waals surface area (Å²) < 4.78 is 14.4. The number of aryl methyl sites for hydroxylation is 1. The molecule has 132 valence electrons. The van der Waals surface area contributed by atoms with Crippen molar-refractivity contribution in [3.05, 3.63) is 75.1 Å². The molecule has 0 radical (unpaired) electrons. The Morgan fingerprint density at radius 3 is 2.81 bits per heavy atom. The summed E-state index contributed by atoms with van der Waals surface area (Å²) in [6.07, 6.45) is 1.16. The maximum Gasteiger partial charge on any atom is 0.292 e. The summed E-state index contributed by atoms with van der Waals surface area (Å²) in [7, 11) is 0. The van der Waals surface area contributed by atoms with Crippen molar-refractivity contribution in [1.82, 2.24) is 9.55 Å². The molecule has 1 aromatic heterocycles. The number of hydrogen-bond donors (Lipinski definition) is 1. The van der Waals surface area contributed by atoms with Gasteiger partial charge < -0.3 is 5.32 Å². The van der Waals surface area contributed by atoms with E-state index in [1.54, 1.807) is 6.07 Å². The predicted octanol–water partition coefficient (Wildman–Crippen LogP) is 2.47. The first-order valence-corrected chi connectivity index (χ1v) is 7.63. The molecule has 0 unspecified atom stereocenters. The highest BCUT2D eigenvalue weighted by atomic mass is 19.1. The van der Waals surface area contributed by atoms with E-state index in [1.165, 1.54) is 35.2 Å². The Labute approximate surface area is 146 Å². The predicted molar refractivity (Wildman–Crippen MR) is 92.3 cm³/mol. The minimum absolute atomic E-state index is 0.0333. The summed E-state index contributed by atoms with van der Waals surface area (Å²) in [6.45, 7) is 0.0333. The summed E-state index contributed by atoms with van der Waals surface area (Å²) in [6, 6.07) is 9.43. The van der Waals surface area contributed by atoms with Crippen LogP contribution in [0.25, 0.3) is 10.9 Å². The lowest BCUT2D eigenvalue weighted by atomic mass is 10.2. The first-order chi connectivity index (χ1) is 12.5. The molecule has 1 amide bonds. The average Bonchev–Trinajstić information content (AvgIpc) is 2.61. The molecular weight excluding hydrogens is 343 g/mol. The van der Waals surface area contributed by atoms with Gasteiger partial charge in [0.1, 0.15) is 11.5 Å². The molecule has 0 bridgehead atoms. The van der Waals surface area contributed by atoms with Crippen molar-refractivity contribution >= 4 is 28.2 Å². The number of benzene rings is 2. The fourth-order valence-electron chi connectivity index (χ4n) is 2.46. The van der Waals surface area contributed by atoms with Gasteiger partial charge in [-0.05, 0) is 18.2 Å². The van der Waals surface area contributed by atoms with E-state index in [0.717, 1.165) is 12.1 Å². The highest BCUT2D eigenvalue weighted by Gasteiger charge is 2.15. The van der Waals surface area contributed by atoms with Crippen LogP contribution in [-0.4, -0.2) is 20.4 Å². The van der Waals surface area contributed by atoms with Gasteiger partial charge in [0.05, 0.1) is 22.2 Å². The molecule has 0 saturated carbocycles. The van der Waals surface area contributed by atoms with Crippen molar-refractivity contribution in [3.8, 4) is 0 Å². The molecule has 3 aromatic rings. The van der Waals surface area contributed by atoms with Gasteiger partial charge in [0.15, 0.2) is 0 Å². The Morgan fingerprint density at radius 2 is 2.04 bits per heavy atom. The number of hydrogen-bond acceptors (Lipinski definition) is 5. The van der Waals surface area contributed by atoms with Gasteiger partial charge in [-0.1, -0.05) is 12.1 Å². The van der Waals surface area contributed by atoms with Crippen LogP contribution in [0.5, 0.6) is 0 Å². The van der Waals surface area contributed by atoms with Crippen LogP contribution in [0.4, 0.5) is 15.8 Å². The van der Waals surface area contributed by atoms with E-state index < -0.39 is 22.2 Å². The molecule has 3 rings (SSSR count). The Balaban J connectivity index is 1.73. The first-order valence-electron chi connectivity index (χ1n) is 7.63. The van der Waals surface area contributed by atoms with Gasteiger partial charge in [0.2, 0.25) is 5.91 Å². The monoisotopic (exact) mass is 356 g/mol. The van der Waals surface area contributed by atoms with Crippen LogP contribution in [0.15, 0.2) is 53.6 Å². The van der Waals surface area contributed by atoms with Crippen LogP contribution in [0.2, 0.25) is 0 Å². The smallest absolute Gasteiger partial charge is 0.292 e. The van der Waals surface area contributed by atoms with Crippen molar-refractivity contribution in [2.75, 3.05) is 5.32 Å². The Hall–Kier alpha value is -3.62. The molecule has 8 nitrogen and oxygen atoms in total. The van der Waals surface area contributed by atoms with Gasteiger partial charge in [-0.15, -0.1) is 0 Å². The summed E-state index contributed by atoms with van der Waals surface area (Å²) in [4.78, 5) is 38.8. The van der Waals surface area contributed by atoms with E-state index in [2.05, 4.69) is 10.3 Å². The second kappa shape index (κ2) is 7.09. The number of nitrogens with one attached hydrogen (secondary N) is 1. The van der Waals surface area contributed by atoms with Crippen molar-refractivity contribution in [3.63, 3.8) is 0 Å². The average molecular weight is 356 g/mol. The molecular formula is C17H13FN4O4. The van der Waals surface area contributed by atoms with E-state index >= 15 is 0 Å². The summed E-state index contributed by atoms with van der Waals surface area (Å²) in [5, 5.41) is 13.7. The lowest BCUT2D eigenvalue weighted by molar-refractivity contribution is -0.383. The SMILES string of the molecule is O=C(CCn1cnc2cc(F)ccc2c1=O)Nc1ccccc1[N+](=O)[O-]. The lowest BCUT2D eigenvalue weighted by Crippen LogP contribution is -2.23. The van der Waals surface area contributed by atoms with E-state index in [-0.39, 0.29) is 35.2 Å². The molecule has 0 saturated heterocycles. The summed E-state index contributed by atoms with van der Waals surface area (Å²) in [5.41, 5.74) is -0.293. The number of nitro groups is 1. The number of halogens is 1.